The fraction of sp³-hybridized carbons (Fsp3) is 0.562. The summed E-state index contributed by atoms with van der Waals surface area (Å²) in [6, 6.07) is 8.66. The molecule has 2 aliphatic rings. The van der Waals surface area contributed by atoms with Crippen LogP contribution in [0.4, 0.5) is 0 Å². The Hall–Kier alpha value is -1.00. The molecule has 1 amide bonds. The Morgan fingerprint density at radius 1 is 1.30 bits per heavy atom. The van der Waals surface area contributed by atoms with Crippen molar-refractivity contribution in [2.75, 3.05) is 26.7 Å². The number of nitrogens with zero attached hydrogens (tertiary/aromatic N) is 2. The van der Waals surface area contributed by atoms with Crippen LogP contribution in [-0.2, 0) is 11.2 Å². The fourth-order valence-electron chi connectivity index (χ4n) is 3.18. The van der Waals surface area contributed by atoms with Crippen LogP contribution in [0.1, 0.15) is 19.4 Å². The smallest absolute Gasteiger partial charge is 0.242 e. The number of hydrogen-bond donors (Lipinski definition) is 0. The molecule has 0 aliphatic carbocycles. The highest BCUT2D eigenvalue weighted by molar-refractivity contribution is 8.00. The van der Waals surface area contributed by atoms with E-state index in [9.17, 15) is 4.79 Å². The molecule has 0 spiro atoms. The summed E-state index contributed by atoms with van der Waals surface area (Å²) in [5.41, 5.74) is 1.09. The Balaban J connectivity index is 1.69. The predicted molar refractivity (Wildman–Crippen MR) is 83.1 cm³/mol. The van der Waals surface area contributed by atoms with Gasteiger partial charge >= 0.3 is 0 Å². The number of fused-ring (bicyclic) bond motifs is 1. The summed E-state index contributed by atoms with van der Waals surface area (Å²) in [6.07, 6.45) is 1.12. The van der Waals surface area contributed by atoms with E-state index in [-0.39, 0.29) is 11.4 Å². The average Bonchev–Trinajstić information content (AvgIpc) is 2.82. The molecule has 1 unspecified atom stereocenters. The lowest BCUT2D eigenvalue weighted by molar-refractivity contribution is -0.147. The van der Waals surface area contributed by atoms with Crippen LogP contribution in [0.25, 0.3) is 0 Å². The summed E-state index contributed by atoms with van der Waals surface area (Å²) in [5, 5.41) is 0.572. The number of piperazine rings is 1. The normalized spacial score (nSPS) is 25.9. The molecule has 3 rings (SSSR count). The highest BCUT2D eigenvalue weighted by Gasteiger charge is 2.41. The van der Waals surface area contributed by atoms with Gasteiger partial charge < -0.3 is 4.90 Å². The maximum Gasteiger partial charge on any atom is 0.242 e. The van der Waals surface area contributed by atoms with Gasteiger partial charge in [-0.05, 0) is 31.9 Å². The van der Waals surface area contributed by atoms with Crippen molar-refractivity contribution in [1.82, 2.24) is 9.80 Å². The van der Waals surface area contributed by atoms with Crippen molar-refractivity contribution < 1.29 is 4.79 Å². The van der Waals surface area contributed by atoms with Crippen molar-refractivity contribution in [3.63, 3.8) is 0 Å². The second-order valence-electron chi connectivity index (χ2n) is 6.28. The molecule has 1 fully saturated rings. The number of carbonyl (C=O) groups is 1. The van der Waals surface area contributed by atoms with Crippen molar-refractivity contribution in [2.24, 2.45) is 0 Å². The van der Waals surface area contributed by atoms with E-state index in [0.29, 0.717) is 5.25 Å². The van der Waals surface area contributed by atoms with Crippen LogP contribution < -0.4 is 0 Å². The minimum Gasteiger partial charge on any atom is -0.343 e. The number of rotatable bonds is 2. The molecule has 1 aromatic carbocycles. The number of likely N-dealkylation sites (N-methyl/N-ethyl adjacent to an activating group) is 1. The first-order valence-corrected chi connectivity index (χ1v) is 8.11. The minimum absolute atomic E-state index is 0.240. The van der Waals surface area contributed by atoms with E-state index >= 15 is 0 Å². The number of hydrogen-bond acceptors (Lipinski definition) is 3. The van der Waals surface area contributed by atoms with E-state index < -0.39 is 0 Å². The summed E-state index contributed by atoms with van der Waals surface area (Å²) < 4.78 is 0. The zero-order valence-corrected chi connectivity index (χ0v) is 13.2. The van der Waals surface area contributed by atoms with Crippen molar-refractivity contribution in [3.8, 4) is 0 Å². The van der Waals surface area contributed by atoms with Crippen molar-refractivity contribution in [2.45, 2.75) is 36.0 Å². The summed E-state index contributed by atoms with van der Waals surface area (Å²) in [4.78, 5) is 18.0. The van der Waals surface area contributed by atoms with Crippen LogP contribution in [0.15, 0.2) is 29.2 Å². The Labute approximate surface area is 125 Å². The van der Waals surface area contributed by atoms with Crippen LogP contribution in [0, 0.1) is 0 Å². The van der Waals surface area contributed by atoms with Gasteiger partial charge in [-0.15, -0.1) is 11.8 Å². The van der Waals surface area contributed by atoms with Gasteiger partial charge in [0, 0.05) is 36.8 Å². The highest BCUT2D eigenvalue weighted by Crippen LogP contribution is 2.38. The van der Waals surface area contributed by atoms with E-state index in [0.717, 1.165) is 26.1 Å². The van der Waals surface area contributed by atoms with Gasteiger partial charge in [-0.25, -0.2) is 0 Å². The highest BCUT2D eigenvalue weighted by atomic mass is 32.2. The molecular weight excluding hydrogens is 268 g/mol. The van der Waals surface area contributed by atoms with Gasteiger partial charge in [-0.1, -0.05) is 18.2 Å². The molecule has 2 heterocycles. The quantitative estimate of drug-likeness (QED) is 0.835. The third-order valence-electron chi connectivity index (χ3n) is 4.50. The van der Waals surface area contributed by atoms with E-state index in [1.807, 2.05) is 23.7 Å². The van der Waals surface area contributed by atoms with Crippen molar-refractivity contribution >= 4 is 17.7 Å². The third kappa shape index (κ3) is 2.35. The molecule has 108 valence electrons. The Morgan fingerprint density at radius 2 is 2.05 bits per heavy atom. The topological polar surface area (TPSA) is 23.6 Å². The molecule has 1 atom stereocenters. The first kappa shape index (κ1) is 14.0. The van der Waals surface area contributed by atoms with E-state index in [2.05, 4.69) is 43.0 Å². The van der Waals surface area contributed by atoms with Gasteiger partial charge in [-0.2, -0.15) is 0 Å². The second kappa shape index (κ2) is 5.08. The number of amides is 1. The maximum absolute atomic E-state index is 12.3. The van der Waals surface area contributed by atoms with Crippen molar-refractivity contribution in [1.29, 1.82) is 0 Å². The van der Waals surface area contributed by atoms with Gasteiger partial charge in [0.1, 0.15) is 0 Å². The Morgan fingerprint density at radius 3 is 2.80 bits per heavy atom. The van der Waals surface area contributed by atoms with Gasteiger partial charge in [0.15, 0.2) is 0 Å². The average molecular weight is 290 g/mol. The first-order chi connectivity index (χ1) is 9.48. The van der Waals surface area contributed by atoms with Gasteiger partial charge in [0.25, 0.3) is 0 Å². The molecule has 0 radical (unpaired) electrons. The summed E-state index contributed by atoms with van der Waals surface area (Å²) in [6.45, 7) is 6.91. The first-order valence-electron chi connectivity index (χ1n) is 7.23. The molecule has 3 nitrogen and oxygen atoms in total. The maximum atomic E-state index is 12.3. The molecule has 1 saturated heterocycles. The number of benzene rings is 1. The largest absolute Gasteiger partial charge is 0.343 e. The van der Waals surface area contributed by atoms with Crippen LogP contribution in [0.2, 0.25) is 0 Å². The fourth-order valence-corrected chi connectivity index (χ4v) is 4.51. The zero-order valence-electron chi connectivity index (χ0n) is 12.4. The lowest BCUT2D eigenvalue weighted by atomic mass is 9.97. The van der Waals surface area contributed by atoms with E-state index in [1.165, 1.54) is 10.5 Å². The molecule has 0 saturated carbocycles. The number of thioether (sulfide) groups is 1. The predicted octanol–water partition coefficient (Wildman–Crippen LogP) is 2.26. The Kier molecular flexibility index (Phi) is 3.55. The molecule has 0 N–H and O–H groups in total. The van der Waals surface area contributed by atoms with E-state index in [4.69, 9.17) is 0 Å². The molecule has 20 heavy (non-hydrogen) atoms. The van der Waals surface area contributed by atoms with Gasteiger partial charge in [0.2, 0.25) is 5.91 Å². The molecule has 2 aliphatic heterocycles. The lowest BCUT2D eigenvalue weighted by Crippen LogP contribution is -2.63. The Bertz CT molecular complexity index is 504. The number of carbonyl (C=O) groups excluding carboxylic acids is 1. The second-order valence-corrected chi connectivity index (χ2v) is 7.63. The van der Waals surface area contributed by atoms with Crippen molar-refractivity contribution in [3.05, 3.63) is 29.8 Å². The monoisotopic (exact) mass is 290 g/mol. The molecule has 1 aromatic rings. The molecule has 0 bridgehead atoms. The standard InChI is InChI=1S/C16H22N2OS/c1-16(2)15(19)17(3)8-9-18(16)11-13-10-12-6-4-5-7-14(12)20-13/h4-7,13H,8-11H2,1-3H3. The molecular formula is C16H22N2OS. The van der Waals surface area contributed by atoms with Crippen LogP contribution in [-0.4, -0.2) is 53.2 Å². The molecule has 4 heteroatoms. The van der Waals surface area contributed by atoms with Crippen LogP contribution in [0.5, 0.6) is 0 Å². The SMILES string of the molecule is CN1CCN(CC2Cc3ccccc3S2)C(C)(C)C1=O. The van der Waals surface area contributed by atoms with Crippen LogP contribution in [0.3, 0.4) is 0 Å². The van der Waals surface area contributed by atoms with Gasteiger partial charge in [-0.3, -0.25) is 9.69 Å². The lowest BCUT2D eigenvalue weighted by Gasteiger charge is -2.45. The minimum atomic E-state index is -0.373. The third-order valence-corrected chi connectivity index (χ3v) is 5.81. The summed E-state index contributed by atoms with van der Waals surface area (Å²) in [7, 11) is 1.90. The summed E-state index contributed by atoms with van der Waals surface area (Å²) >= 11 is 1.97. The van der Waals surface area contributed by atoms with Gasteiger partial charge in [0.05, 0.1) is 5.54 Å². The van der Waals surface area contributed by atoms with E-state index in [1.54, 1.807) is 0 Å². The molecule has 0 aromatic heterocycles. The summed E-state index contributed by atoms with van der Waals surface area (Å²) in [5.74, 6) is 0.240. The zero-order chi connectivity index (χ0) is 14.3. The van der Waals surface area contributed by atoms with Crippen LogP contribution >= 0.6 is 11.8 Å².